The zero-order chi connectivity index (χ0) is 15.5. The Morgan fingerprint density at radius 3 is 2.10 bits per heavy atom. The van der Waals surface area contributed by atoms with Crippen molar-refractivity contribution in [1.29, 1.82) is 0 Å². The molecule has 0 aliphatic carbocycles. The Balaban J connectivity index is 2.02. The molecular formula is C15H12ClF3OS. The summed E-state index contributed by atoms with van der Waals surface area (Å²) in [7, 11) is 0. The van der Waals surface area contributed by atoms with Crippen LogP contribution in [-0.4, -0.2) is 10.6 Å². The molecule has 2 aromatic rings. The van der Waals surface area contributed by atoms with Crippen molar-refractivity contribution in [3.8, 4) is 0 Å². The second kappa shape index (κ2) is 6.73. The molecule has 1 nitrogen and oxygen atoms in total. The van der Waals surface area contributed by atoms with Crippen LogP contribution in [0.2, 0.25) is 5.02 Å². The van der Waals surface area contributed by atoms with Gasteiger partial charge in [-0.3, -0.25) is 0 Å². The van der Waals surface area contributed by atoms with E-state index in [4.69, 9.17) is 11.6 Å². The Kier molecular flexibility index (Phi) is 5.19. The van der Waals surface area contributed by atoms with Crippen LogP contribution in [0.15, 0.2) is 53.4 Å². The van der Waals surface area contributed by atoms with E-state index >= 15 is 0 Å². The summed E-state index contributed by atoms with van der Waals surface area (Å²) < 4.78 is 36.7. The van der Waals surface area contributed by atoms with Crippen LogP contribution < -0.4 is 0 Å². The predicted octanol–water partition coefficient (Wildman–Crippen LogP) is 5.23. The quantitative estimate of drug-likeness (QED) is 0.774. The molecule has 0 amide bonds. The van der Waals surface area contributed by atoms with Gasteiger partial charge in [0.2, 0.25) is 0 Å². The van der Waals surface area contributed by atoms with Crippen molar-refractivity contribution < 1.29 is 18.3 Å². The number of aliphatic hydroxyl groups is 1. The van der Waals surface area contributed by atoms with Crippen LogP contribution >= 0.6 is 23.4 Å². The van der Waals surface area contributed by atoms with E-state index in [0.717, 1.165) is 5.56 Å². The van der Waals surface area contributed by atoms with E-state index in [2.05, 4.69) is 0 Å². The van der Waals surface area contributed by atoms with Gasteiger partial charge in [0.25, 0.3) is 0 Å². The van der Waals surface area contributed by atoms with Crippen molar-refractivity contribution in [2.75, 3.05) is 0 Å². The first-order valence-corrected chi connectivity index (χ1v) is 7.31. The van der Waals surface area contributed by atoms with Crippen LogP contribution in [-0.2, 0) is 6.42 Å². The Bertz CT molecular complexity index is 581. The zero-order valence-corrected chi connectivity index (χ0v) is 12.3. The lowest BCUT2D eigenvalue weighted by Gasteiger charge is -2.12. The second-order valence-electron chi connectivity index (χ2n) is 4.46. The van der Waals surface area contributed by atoms with Gasteiger partial charge < -0.3 is 5.11 Å². The predicted molar refractivity (Wildman–Crippen MR) is 78.5 cm³/mol. The van der Waals surface area contributed by atoms with Crippen LogP contribution in [0.4, 0.5) is 13.2 Å². The minimum atomic E-state index is -4.30. The minimum absolute atomic E-state index is 0.102. The number of thioether (sulfide) groups is 1. The van der Waals surface area contributed by atoms with Crippen LogP contribution in [0.3, 0.4) is 0 Å². The first kappa shape index (κ1) is 16.2. The lowest BCUT2D eigenvalue weighted by Crippen LogP contribution is -2.02. The molecule has 1 unspecified atom stereocenters. The molecule has 0 bridgehead atoms. The fourth-order valence-corrected chi connectivity index (χ4v) is 2.52. The first-order chi connectivity index (χ1) is 9.83. The van der Waals surface area contributed by atoms with Gasteiger partial charge >= 0.3 is 5.51 Å². The molecule has 0 saturated carbocycles. The van der Waals surface area contributed by atoms with Gasteiger partial charge in [0.1, 0.15) is 0 Å². The van der Waals surface area contributed by atoms with E-state index in [1.165, 1.54) is 24.3 Å². The third-order valence-corrected chi connectivity index (χ3v) is 3.83. The number of rotatable bonds is 4. The van der Waals surface area contributed by atoms with Gasteiger partial charge in [0, 0.05) is 16.3 Å². The molecule has 6 heteroatoms. The van der Waals surface area contributed by atoms with E-state index in [0.29, 0.717) is 17.0 Å². The number of benzene rings is 2. The van der Waals surface area contributed by atoms with Gasteiger partial charge in [-0.2, -0.15) is 13.2 Å². The highest BCUT2D eigenvalue weighted by atomic mass is 35.5. The fraction of sp³-hybridized carbons (Fsp3) is 0.200. The standard InChI is InChI=1S/C15H12ClF3OS/c16-12-5-1-10(2-6-12)9-14(20)11-3-7-13(8-4-11)21-15(17,18)19/h1-8,14,20H,9H2. The molecule has 21 heavy (non-hydrogen) atoms. The summed E-state index contributed by atoms with van der Waals surface area (Å²) in [6.45, 7) is 0. The summed E-state index contributed by atoms with van der Waals surface area (Å²) in [4.78, 5) is 0.102. The molecule has 1 N–H and O–H groups in total. The molecule has 0 aliphatic rings. The topological polar surface area (TPSA) is 20.2 Å². The highest BCUT2D eigenvalue weighted by molar-refractivity contribution is 8.00. The highest BCUT2D eigenvalue weighted by Gasteiger charge is 2.29. The van der Waals surface area contributed by atoms with Crippen LogP contribution in [0.1, 0.15) is 17.2 Å². The molecule has 2 aromatic carbocycles. The summed E-state index contributed by atoms with van der Waals surface area (Å²) in [6, 6.07) is 12.8. The Morgan fingerprint density at radius 1 is 1.00 bits per heavy atom. The maximum atomic E-state index is 12.2. The van der Waals surface area contributed by atoms with Gasteiger partial charge in [-0.1, -0.05) is 35.9 Å². The summed E-state index contributed by atoms with van der Waals surface area (Å²) in [5.74, 6) is 0. The maximum absolute atomic E-state index is 12.2. The third kappa shape index (κ3) is 5.26. The lowest BCUT2D eigenvalue weighted by atomic mass is 10.0. The van der Waals surface area contributed by atoms with Crippen LogP contribution in [0.25, 0.3) is 0 Å². The normalized spacial score (nSPS) is 13.2. The SMILES string of the molecule is OC(Cc1ccc(Cl)cc1)c1ccc(SC(F)(F)F)cc1. The highest BCUT2D eigenvalue weighted by Crippen LogP contribution is 2.37. The van der Waals surface area contributed by atoms with Crippen molar-refractivity contribution in [3.63, 3.8) is 0 Å². The van der Waals surface area contributed by atoms with E-state index in [1.807, 2.05) is 0 Å². The monoisotopic (exact) mass is 332 g/mol. The molecule has 0 spiro atoms. The van der Waals surface area contributed by atoms with Gasteiger partial charge in [-0.15, -0.1) is 0 Å². The Labute approximate surface area is 129 Å². The number of alkyl halides is 3. The van der Waals surface area contributed by atoms with E-state index < -0.39 is 11.6 Å². The average molecular weight is 333 g/mol. The van der Waals surface area contributed by atoms with Gasteiger partial charge in [-0.05, 0) is 47.2 Å². The Hall–Kier alpha value is -1.17. The molecule has 1 atom stereocenters. The fourth-order valence-electron chi connectivity index (χ4n) is 1.85. The maximum Gasteiger partial charge on any atom is 0.446 e. The van der Waals surface area contributed by atoms with Crippen LogP contribution in [0.5, 0.6) is 0 Å². The van der Waals surface area contributed by atoms with E-state index in [-0.39, 0.29) is 16.7 Å². The number of hydrogen-bond acceptors (Lipinski definition) is 2. The first-order valence-electron chi connectivity index (χ1n) is 6.12. The number of halogens is 4. The summed E-state index contributed by atoms with van der Waals surface area (Å²) in [5.41, 5.74) is -2.82. The summed E-state index contributed by atoms with van der Waals surface area (Å²) >= 11 is 5.61. The molecule has 0 heterocycles. The molecular weight excluding hydrogens is 321 g/mol. The van der Waals surface area contributed by atoms with Gasteiger partial charge in [0.05, 0.1) is 6.10 Å². The largest absolute Gasteiger partial charge is 0.446 e. The average Bonchev–Trinajstić information content (AvgIpc) is 2.40. The van der Waals surface area contributed by atoms with Crippen molar-refractivity contribution >= 4 is 23.4 Å². The molecule has 2 rings (SSSR count). The van der Waals surface area contributed by atoms with E-state index in [1.54, 1.807) is 24.3 Å². The number of aliphatic hydroxyl groups excluding tert-OH is 1. The van der Waals surface area contributed by atoms with Gasteiger partial charge in [0.15, 0.2) is 0 Å². The van der Waals surface area contributed by atoms with Crippen molar-refractivity contribution in [2.45, 2.75) is 22.9 Å². The third-order valence-electron chi connectivity index (χ3n) is 2.84. The van der Waals surface area contributed by atoms with E-state index in [9.17, 15) is 18.3 Å². The second-order valence-corrected chi connectivity index (χ2v) is 6.04. The molecule has 0 saturated heterocycles. The van der Waals surface area contributed by atoms with Crippen LogP contribution in [0, 0.1) is 0 Å². The van der Waals surface area contributed by atoms with Crippen molar-refractivity contribution in [3.05, 3.63) is 64.7 Å². The number of hydrogen-bond donors (Lipinski definition) is 1. The molecule has 0 radical (unpaired) electrons. The molecule has 0 fully saturated rings. The summed E-state index contributed by atoms with van der Waals surface area (Å²) in [5, 5.41) is 10.7. The smallest absolute Gasteiger partial charge is 0.388 e. The Morgan fingerprint density at radius 2 is 1.57 bits per heavy atom. The minimum Gasteiger partial charge on any atom is -0.388 e. The molecule has 0 aliphatic heterocycles. The molecule has 112 valence electrons. The van der Waals surface area contributed by atoms with Gasteiger partial charge in [-0.25, -0.2) is 0 Å². The van der Waals surface area contributed by atoms with Crippen molar-refractivity contribution in [1.82, 2.24) is 0 Å². The zero-order valence-electron chi connectivity index (χ0n) is 10.8. The molecule has 0 aromatic heterocycles. The summed E-state index contributed by atoms with van der Waals surface area (Å²) in [6.07, 6.45) is -0.390. The lowest BCUT2D eigenvalue weighted by molar-refractivity contribution is -0.0328. The van der Waals surface area contributed by atoms with Crippen molar-refractivity contribution in [2.24, 2.45) is 0 Å².